The summed E-state index contributed by atoms with van der Waals surface area (Å²) >= 11 is 1.72. The van der Waals surface area contributed by atoms with Gasteiger partial charge in [0.15, 0.2) is 11.0 Å². The predicted octanol–water partition coefficient (Wildman–Crippen LogP) is 6.07. The Hall–Kier alpha value is -3.25. The maximum absolute atomic E-state index is 5.65. The van der Waals surface area contributed by atoms with Crippen molar-refractivity contribution in [2.24, 2.45) is 0 Å². The number of unbranched alkanes of at least 4 members (excludes halogenated alkanes) is 1. The van der Waals surface area contributed by atoms with E-state index in [1.54, 1.807) is 26.0 Å². The lowest BCUT2D eigenvalue weighted by Gasteiger charge is -2.15. The molecule has 0 spiro atoms. The van der Waals surface area contributed by atoms with Crippen LogP contribution in [0.5, 0.6) is 11.5 Å². The van der Waals surface area contributed by atoms with Crippen LogP contribution in [0.25, 0.3) is 17.1 Å². The largest absolute Gasteiger partial charge is 0.496 e. The number of ether oxygens (including phenoxy) is 2. The van der Waals surface area contributed by atoms with Crippen molar-refractivity contribution in [3.63, 3.8) is 0 Å². The topological polar surface area (TPSA) is 49.2 Å². The van der Waals surface area contributed by atoms with Crippen LogP contribution in [0, 0.1) is 0 Å². The molecule has 0 aliphatic rings. The summed E-state index contributed by atoms with van der Waals surface area (Å²) in [5.74, 6) is 3.23. The van der Waals surface area contributed by atoms with Gasteiger partial charge in [0.1, 0.15) is 11.5 Å². The van der Waals surface area contributed by atoms with Gasteiger partial charge in [-0.2, -0.15) is 0 Å². The predicted molar refractivity (Wildman–Crippen MR) is 130 cm³/mol. The van der Waals surface area contributed by atoms with Crippen molar-refractivity contribution < 1.29 is 9.47 Å². The van der Waals surface area contributed by atoms with E-state index in [1.807, 2.05) is 48.5 Å². The van der Waals surface area contributed by atoms with Crippen molar-refractivity contribution in [1.82, 2.24) is 14.8 Å². The van der Waals surface area contributed by atoms with E-state index in [2.05, 4.69) is 45.1 Å². The molecule has 0 bridgehead atoms. The molecule has 6 heteroatoms. The van der Waals surface area contributed by atoms with E-state index in [-0.39, 0.29) is 0 Å². The summed E-state index contributed by atoms with van der Waals surface area (Å²) in [5.41, 5.74) is 3.19. The molecular weight excluding hydrogens is 418 g/mol. The first-order valence-corrected chi connectivity index (χ1v) is 11.7. The fraction of sp³-hybridized carbons (Fsp3) is 0.231. The Balaban J connectivity index is 1.59. The van der Waals surface area contributed by atoms with Crippen molar-refractivity contribution in [1.29, 1.82) is 0 Å². The van der Waals surface area contributed by atoms with E-state index >= 15 is 0 Å². The molecule has 0 amide bonds. The first kappa shape index (κ1) is 22.0. The summed E-state index contributed by atoms with van der Waals surface area (Å²) in [6.45, 7) is 0. The van der Waals surface area contributed by atoms with Gasteiger partial charge in [-0.25, -0.2) is 0 Å². The number of methoxy groups -OCH3 is 2. The lowest BCUT2D eigenvalue weighted by molar-refractivity contribution is 0.411. The molecule has 1 aromatic heterocycles. The van der Waals surface area contributed by atoms with Gasteiger partial charge in [-0.3, -0.25) is 4.57 Å². The minimum Gasteiger partial charge on any atom is -0.496 e. The van der Waals surface area contributed by atoms with Gasteiger partial charge < -0.3 is 9.47 Å². The third-order valence-corrected chi connectivity index (χ3v) is 6.26. The number of rotatable bonds is 10. The zero-order valence-corrected chi connectivity index (χ0v) is 19.2. The molecule has 4 aromatic rings. The Kier molecular flexibility index (Phi) is 7.46. The number of nitrogens with zero attached hydrogens (tertiary/aromatic N) is 3. The number of aromatic nitrogens is 3. The van der Waals surface area contributed by atoms with Crippen LogP contribution in [0.1, 0.15) is 18.4 Å². The molecule has 3 aromatic carbocycles. The number of hydrogen-bond acceptors (Lipinski definition) is 5. The summed E-state index contributed by atoms with van der Waals surface area (Å²) in [5, 5.41) is 9.93. The van der Waals surface area contributed by atoms with Crippen molar-refractivity contribution in [2.75, 3.05) is 20.0 Å². The summed E-state index contributed by atoms with van der Waals surface area (Å²) in [6.07, 6.45) is 3.33. The molecule has 0 N–H and O–H groups in total. The second-order valence-electron chi connectivity index (χ2n) is 7.30. The van der Waals surface area contributed by atoms with Crippen LogP contribution in [-0.2, 0) is 6.42 Å². The molecule has 4 rings (SSSR count). The highest BCUT2D eigenvalue weighted by Gasteiger charge is 2.20. The Bertz CT molecular complexity index is 1140. The number of benzene rings is 3. The van der Waals surface area contributed by atoms with Gasteiger partial charge in [0.05, 0.1) is 25.5 Å². The van der Waals surface area contributed by atoms with Gasteiger partial charge in [0, 0.05) is 5.75 Å². The molecule has 5 nitrogen and oxygen atoms in total. The number of aryl methyl sites for hydroxylation is 1. The first-order chi connectivity index (χ1) is 15.8. The monoisotopic (exact) mass is 445 g/mol. The minimum absolute atomic E-state index is 0.735. The van der Waals surface area contributed by atoms with E-state index in [4.69, 9.17) is 9.47 Å². The molecule has 0 atom stereocenters. The van der Waals surface area contributed by atoms with Crippen LogP contribution in [-0.4, -0.2) is 34.7 Å². The maximum Gasteiger partial charge on any atom is 0.196 e. The molecule has 0 radical (unpaired) electrons. The van der Waals surface area contributed by atoms with Crippen LogP contribution < -0.4 is 9.47 Å². The second kappa shape index (κ2) is 10.9. The van der Waals surface area contributed by atoms with Crippen molar-refractivity contribution in [2.45, 2.75) is 24.4 Å². The Morgan fingerprint density at radius 2 is 1.44 bits per heavy atom. The second-order valence-corrected chi connectivity index (χ2v) is 8.37. The van der Waals surface area contributed by atoms with E-state index in [0.717, 1.165) is 58.7 Å². The normalized spacial score (nSPS) is 10.8. The Morgan fingerprint density at radius 1 is 0.750 bits per heavy atom. The summed E-state index contributed by atoms with van der Waals surface area (Å²) in [4.78, 5) is 0. The van der Waals surface area contributed by atoms with Crippen LogP contribution in [0.15, 0.2) is 84.0 Å². The Labute approximate surface area is 193 Å². The molecule has 0 aliphatic carbocycles. The van der Waals surface area contributed by atoms with Crippen LogP contribution in [0.4, 0.5) is 0 Å². The quantitative estimate of drug-likeness (QED) is 0.219. The minimum atomic E-state index is 0.735. The van der Waals surface area contributed by atoms with Crippen LogP contribution in [0.3, 0.4) is 0 Å². The SMILES string of the molecule is COc1ccccc1-c1nnc(SCCCCc2ccccc2)n1-c1ccccc1OC. The van der Waals surface area contributed by atoms with Crippen molar-refractivity contribution in [3.05, 3.63) is 84.4 Å². The van der Waals surface area contributed by atoms with Crippen LogP contribution >= 0.6 is 11.8 Å². The number of thioether (sulfide) groups is 1. The van der Waals surface area contributed by atoms with Gasteiger partial charge in [-0.1, -0.05) is 66.4 Å². The zero-order chi connectivity index (χ0) is 22.2. The molecule has 0 saturated heterocycles. The van der Waals surface area contributed by atoms with E-state index in [1.165, 1.54) is 5.56 Å². The standard InChI is InChI=1S/C26H27N3O2S/c1-30-23-17-8-6-15-21(23)25-27-28-26(29(25)22-16-7-9-18-24(22)31-2)32-19-11-10-14-20-12-4-3-5-13-20/h3-9,12-13,15-18H,10-11,14,19H2,1-2H3. The molecule has 1 heterocycles. The molecule has 0 saturated carbocycles. The average molecular weight is 446 g/mol. The Morgan fingerprint density at radius 3 is 2.22 bits per heavy atom. The molecule has 0 fully saturated rings. The summed E-state index contributed by atoms with van der Waals surface area (Å²) < 4.78 is 13.3. The van der Waals surface area contributed by atoms with Gasteiger partial charge >= 0.3 is 0 Å². The number of para-hydroxylation sites is 3. The summed E-state index contributed by atoms with van der Waals surface area (Å²) in [6, 6.07) is 26.4. The highest BCUT2D eigenvalue weighted by atomic mass is 32.2. The molecular formula is C26H27N3O2S. The van der Waals surface area contributed by atoms with Gasteiger partial charge in [0.2, 0.25) is 0 Å². The highest BCUT2D eigenvalue weighted by Crippen LogP contribution is 2.36. The fourth-order valence-electron chi connectivity index (χ4n) is 3.64. The van der Waals surface area contributed by atoms with E-state index < -0.39 is 0 Å². The fourth-order valence-corrected chi connectivity index (χ4v) is 4.58. The maximum atomic E-state index is 5.65. The third-order valence-electron chi connectivity index (χ3n) is 5.24. The van der Waals surface area contributed by atoms with Gasteiger partial charge in [-0.05, 0) is 49.1 Å². The summed E-state index contributed by atoms with van der Waals surface area (Å²) in [7, 11) is 3.35. The molecule has 164 valence electrons. The zero-order valence-electron chi connectivity index (χ0n) is 18.4. The highest BCUT2D eigenvalue weighted by molar-refractivity contribution is 7.99. The third kappa shape index (κ3) is 4.97. The average Bonchev–Trinajstić information content (AvgIpc) is 3.27. The van der Waals surface area contributed by atoms with Crippen LogP contribution in [0.2, 0.25) is 0 Å². The smallest absolute Gasteiger partial charge is 0.196 e. The lowest BCUT2D eigenvalue weighted by Crippen LogP contribution is -2.03. The first-order valence-electron chi connectivity index (χ1n) is 10.7. The van der Waals surface area contributed by atoms with Gasteiger partial charge in [0.25, 0.3) is 0 Å². The molecule has 0 unspecified atom stereocenters. The van der Waals surface area contributed by atoms with E-state index in [0.29, 0.717) is 0 Å². The lowest BCUT2D eigenvalue weighted by atomic mass is 10.1. The van der Waals surface area contributed by atoms with Gasteiger partial charge in [-0.15, -0.1) is 10.2 Å². The van der Waals surface area contributed by atoms with Crippen molar-refractivity contribution >= 4 is 11.8 Å². The number of hydrogen-bond donors (Lipinski definition) is 0. The molecule has 0 aliphatic heterocycles. The van der Waals surface area contributed by atoms with Crippen molar-refractivity contribution in [3.8, 4) is 28.6 Å². The molecule has 32 heavy (non-hydrogen) atoms. The van der Waals surface area contributed by atoms with E-state index in [9.17, 15) is 0 Å².